The molecular weight excluding hydrogens is 295 g/mol. The maximum atomic E-state index is 13.2. The normalized spacial score (nSPS) is 19.7. The van der Waals surface area contributed by atoms with Crippen molar-refractivity contribution in [3.8, 4) is 0 Å². The predicted octanol–water partition coefficient (Wildman–Crippen LogP) is 2.34. The van der Waals surface area contributed by atoms with Crippen molar-refractivity contribution in [3.63, 3.8) is 0 Å². The third-order valence-electron chi connectivity index (χ3n) is 4.59. The van der Waals surface area contributed by atoms with Crippen molar-refractivity contribution in [3.05, 3.63) is 29.8 Å². The lowest BCUT2D eigenvalue weighted by Crippen LogP contribution is -2.35. The van der Waals surface area contributed by atoms with E-state index in [1.54, 1.807) is 6.07 Å². The molecule has 1 fully saturated rings. The van der Waals surface area contributed by atoms with E-state index in [0.29, 0.717) is 41.7 Å². The van der Waals surface area contributed by atoms with E-state index in [9.17, 15) is 9.18 Å². The van der Waals surface area contributed by atoms with Crippen molar-refractivity contribution in [2.24, 2.45) is 11.8 Å². The van der Waals surface area contributed by atoms with E-state index in [2.05, 4.69) is 27.5 Å². The zero-order valence-electron chi connectivity index (χ0n) is 13.4. The summed E-state index contributed by atoms with van der Waals surface area (Å²) in [6, 6.07) is 4.42. The molecule has 2 unspecified atom stereocenters. The Labute approximate surface area is 135 Å². The van der Waals surface area contributed by atoms with Crippen LogP contribution in [0.5, 0.6) is 0 Å². The molecule has 6 heteroatoms. The Morgan fingerprint density at radius 1 is 1.52 bits per heavy atom. The summed E-state index contributed by atoms with van der Waals surface area (Å²) in [4.78, 5) is 19.5. The summed E-state index contributed by atoms with van der Waals surface area (Å²) in [5.41, 5.74) is 1.35. The molecule has 0 spiro atoms. The Bertz CT molecular complexity index is 678. The van der Waals surface area contributed by atoms with E-state index in [-0.39, 0.29) is 11.7 Å². The maximum Gasteiger partial charge on any atom is 0.220 e. The van der Waals surface area contributed by atoms with E-state index < -0.39 is 0 Å². The standard InChI is InChI=1S/C17H23FN4O/c1-11(12-3-2-6-19-9-12)7-17(23)20-10-16-21-14-5-4-13(18)8-15(14)22-16/h4-5,8,11-12,19H,2-3,6-7,9-10H2,1H3,(H,20,23)(H,21,22). The number of carbonyl (C=O) groups excluding carboxylic acids is 1. The zero-order valence-corrected chi connectivity index (χ0v) is 13.4. The molecule has 124 valence electrons. The fraction of sp³-hybridized carbons (Fsp3) is 0.529. The zero-order chi connectivity index (χ0) is 16.2. The molecule has 2 aromatic rings. The van der Waals surface area contributed by atoms with Crippen molar-refractivity contribution < 1.29 is 9.18 Å². The number of fused-ring (bicyclic) bond motifs is 1. The number of piperidine rings is 1. The number of aromatic amines is 1. The number of benzene rings is 1. The molecule has 0 saturated carbocycles. The molecule has 3 rings (SSSR count). The number of amides is 1. The summed E-state index contributed by atoms with van der Waals surface area (Å²) in [5.74, 6) is 1.32. The van der Waals surface area contributed by atoms with Gasteiger partial charge in [-0.25, -0.2) is 9.37 Å². The number of nitrogens with one attached hydrogen (secondary N) is 3. The first-order chi connectivity index (χ1) is 11.1. The minimum Gasteiger partial charge on any atom is -0.349 e. The number of imidazole rings is 1. The molecule has 3 N–H and O–H groups in total. The van der Waals surface area contributed by atoms with Gasteiger partial charge in [-0.05, 0) is 56.0 Å². The third kappa shape index (κ3) is 4.07. The van der Waals surface area contributed by atoms with Crippen LogP contribution in [0.4, 0.5) is 4.39 Å². The second-order valence-electron chi connectivity index (χ2n) is 6.41. The molecular formula is C17H23FN4O. The third-order valence-corrected chi connectivity index (χ3v) is 4.59. The highest BCUT2D eigenvalue weighted by Crippen LogP contribution is 2.22. The Kier molecular flexibility index (Phi) is 4.91. The lowest BCUT2D eigenvalue weighted by atomic mass is 9.85. The molecule has 2 heterocycles. The molecule has 1 aliphatic heterocycles. The summed E-state index contributed by atoms with van der Waals surface area (Å²) in [6.45, 7) is 4.57. The Hall–Kier alpha value is -1.95. The summed E-state index contributed by atoms with van der Waals surface area (Å²) >= 11 is 0. The van der Waals surface area contributed by atoms with Gasteiger partial charge in [0.2, 0.25) is 5.91 Å². The first-order valence-corrected chi connectivity index (χ1v) is 8.23. The molecule has 0 radical (unpaired) electrons. The van der Waals surface area contributed by atoms with Crippen LogP contribution in [0.2, 0.25) is 0 Å². The van der Waals surface area contributed by atoms with E-state index in [0.717, 1.165) is 13.1 Å². The highest BCUT2D eigenvalue weighted by molar-refractivity contribution is 5.77. The largest absolute Gasteiger partial charge is 0.349 e. The van der Waals surface area contributed by atoms with Gasteiger partial charge in [0.1, 0.15) is 11.6 Å². The number of aromatic nitrogens is 2. The second kappa shape index (κ2) is 7.08. The van der Waals surface area contributed by atoms with Gasteiger partial charge in [0.05, 0.1) is 17.6 Å². The Balaban J connectivity index is 1.51. The number of H-pyrrole nitrogens is 1. The fourth-order valence-corrected chi connectivity index (χ4v) is 3.20. The van der Waals surface area contributed by atoms with E-state index in [1.165, 1.54) is 25.0 Å². The maximum absolute atomic E-state index is 13.2. The smallest absolute Gasteiger partial charge is 0.220 e. The quantitative estimate of drug-likeness (QED) is 0.792. The van der Waals surface area contributed by atoms with Crippen LogP contribution >= 0.6 is 0 Å². The number of rotatable bonds is 5. The number of carbonyl (C=O) groups is 1. The number of nitrogens with zero attached hydrogens (tertiary/aromatic N) is 1. The topological polar surface area (TPSA) is 69.8 Å². The second-order valence-corrected chi connectivity index (χ2v) is 6.41. The van der Waals surface area contributed by atoms with Crippen LogP contribution in [0.1, 0.15) is 32.0 Å². The minimum atomic E-state index is -0.299. The van der Waals surface area contributed by atoms with Crippen molar-refractivity contribution >= 4 is 16.9 Å². The first-order valence-electron chi connectivity index (χ1n) is 8.23. The Morgan fingerprint density at radius 2 is 2.39 bits per heavy atom. The van der Waals surface area contributed by atoms with E-state index in [1.807, 2.05) is 0 Å². The highest BCUT2D eigenvalue weighted by Gasteiger charge is 2.21. The molecule has 0 bridgehead atoms. The lowest BCUT2D eigenvalue weighted by molar-refractivity contribution is -0.122. The Morgan fingerprint density at radius 3 is 3.17 bits per heavy atom. The predicted molar refractivity (Wildman–Crippen MR) is 87.3 cm³/mol. The minimum absolute atomic E-state index is 0.0368. The molecule has 1 aromatic heterocycles. The summed E-state index contributed by atoms with van der Waals surface area (Å²) < 4.78 is 13.2. The summed E-state index contributed by atoms with van der Waals surface area (Å²) in [5, 5.41) is 6.29. The van der Waals surface area contributed by atoms with Crippen LogP contribution in [0.25, 0.3) is 11.0 Å². The number of hydrogen-bond acceptors (Lipinski definition) is 3. The van der Waals surface area contributed by atoms with Crippen molar-refractivity contribution in [1.29, 1.82) is 0 Å². The fourth-order valence-electron chi connectivity index (χ4n) is 3.20. The van der Waals surface area contributed by atoms with Crippen molar-refractivity contribution in [2.75, 3.05) is 13.1 Å². The van der Waals surface area contributed by atoms with Gasteiger partial charge in [-0.2, -0.15) is 0 Å². The van der Waals surface area contributed by atoms with Crippen LogP contribution in [0.3, 0.4) is 0 Å². The van der Waals surface area contributed by atoms with Crippen LogP contribution in [-0.2, 0) is 11.3 Å². The van der Waals surface area contributed by atoms with Gasteiger partial charge >= 0.3 is 0 Å². The molecule has 2 atom stereocenters. The highest BCUT2D eigenvalue weighted by atomic mass is 19.1. The SMILES string of the molecule is CC(CC(=O)NCc1nc2ccc(F)cc2[nH]1)C1CCCNC1. The molecule has 1 amide bonds. The number of hydrogen-bond donors (Lipinski definition) is 3. The average molecular weight is 318 g/mol. The molecule has 1 saturated heterocycles. The van der Waals surface area contributed by atoms with Gasteiger partial charge in [-0.1, -0.05) is 6.92 Å². The summed E-state index contributed by atoms with van der Waals surface area (Å²) in [6.07, 6.45) is 2.91. The van der Waals surface area contributed by atoms with Crippen LogP contribution in [0, 0.1) is 17.7 Å². The monoisotopic (exact) mass is 318 g/mol. The molecule has 23 heavy (non-hydrogen) atoms. The van der Waals surface area contributed by atoms with Gasteiger partial charge in [0, 0.05) is 6.42 Å². The first kappa shape index (κ1) is 15.9. The van der Waals surface area contributed by atoms with Crippen molar-refractivity contribution in [2.45, 2.75) is 32.7 Å². The van der Waals surface area contributed by atoms with Crippen LogP contribution < -0.4 is 10.6 Å². The lowest BCUT2D eigenvalue weighted by Gasteiger charge is -2.27. The molecule has 5 nitrogen and oxygen atoms in total. The van der Waals surface area contributed by atoms with Gasteiger partial charge in [-0.15, -0.1) is 0 Å². The van der Waals surface area contributed by atoms with Gasteiger partial charge in [0.25, 0.3) is 0 Å². The van der Waals surface area contributed by atoms with Crippen molar-refractivity contribution in [1.82, 2.24) is 20.6 Å². The van der Waals surface area contributed by atoms with Gasteiger partial charge in [0.15, 0.2) is 0 Å². The van der Waals surface area contributed by atoms with Gasteiger partial charge < -0.3 is 15.6 Å². The van der Waals surface area contributed by atoms with Gasteiger partial charge in [-0.3, -0.25) is 4.79 Å². The molecule has 0 aliphatic carbocycles. The van der Waals surface area contributed by atoms with E-state index >= 15 is 0 Å². The average Bonchev–Trinajstić information content (AvgIpc) is 2.95. The van der Waals surface area contributed by atoms with Crippen LogP contribution in [0.15, 0.2) is 18.2 Å². The summed E-state index contributed by atoms with van der Waals surface area (Å²) in [7, 11) is 0. The van der Waals surface area contributed by atoms with Crippen LogP contribution in [-0.4, -0.2) is 29.0 Å². The van der Waals surface area contributed by atoms with E-state index in [4.69, 9.17) is 0 Å². The number of halogens is 1. The molecule has 1 aliphatic rings. The molecule has 1 aromatic carbocycles.